The Morgan fingerprint density at radius 1 is 1.83 bits per heavy atom. The molecule has 0 saturated heterocycles. The van der Waals surface area contributed by atoms with E-state index in [-0.39, 0.29) is 5.69 Å². The number of ether oxygens (including phenoxy) is 1. The molecule has 1 aromatic heterocycles. The summed E-state index contributed by atoms with van der Waals surface area (Å²) < 4.78 is 6.34. The van der Waals surface area contributed by atoms with Crippen molar-refractivity contribution in [1.29, 1.82) is 0 Å². The molecule has 12 heavy (non-hydrogen) atoms. The summed E-state index contributed by atoms with van der Waals surface area (Å²) in [4.78, 5) is 14.3. The van der Waals surface area contributed by atoms with E-state index in [1.54, 1.807) is 7.11 Å². The Labute approximate surface area is 69.6 Å². The third kappa shape index (κ3) is 1.82. The van der Waals surface area contributed by atoms with E-state index < -0.39 is 5.97 Å². The van der Waals surface area contributed by atoms with E-state index >= 15 is 0 Å². The quantitative estimate of drug-likeness (QED) is 0.702. The summed E-state index contributed by atoms with van der Waals surface area (Å²) in [6, 6.07) is 0. The highest BCUT2D eigenvalue weighted by atomic mass is 16.5. The minimum absolute atomic E-state index is 0.187. The normalized spacial score (nSPS) is 10.1. The second-order valence-corrected chi connectivity index (χ2v) is 2.27. The number of aromatic nitrogens is 2. The fourth-order valence-electron chi connectivity index (χ4n) is 0.867. The van der Waals surface area contributed by atoms with Crippen molar-refractivity contribution >= 4 is 5.97 Å². The Morgan fingerprint density at radius 2 is 2.58 bits per heavy atom. The number of aromatic carboxylic acids is 1. The summed E-state index contributed by atoms with van der Waals surface area (Å²) in [5.41, 5.74) is 0.187. The highest BCUT2D eigenvalue weighted by Gasteiger charge is 2.08. The number of carboxylic acids is 1. The molecule has 0 saturated carbocycles. The van der Waals surface area contributed by atoms with Gasteiger partial charge in [-0.15, -0.1) is 0 Å². The van der Waals surface area contributed by atoms with Crippen LogP contribution in [0.15, 0.2) is 12.5 Å². The average molecular weight is 170 g/mol. The first-order valence-electron chi connectivity index (χ1n) is 3.48. The van der Waals surface area contributed by atoms with Gasteiger partial charge in [-0.25, -0.2) is 9.78 Å². The minimum atomic E-state index is -0.969. The smallest absolute Gasteiger partial charge is 0.354 e. The summed E-state index contributed by atoms with van der Waals surface area (Å²) in [6.45, 7) is 0.995. The predicted molar refractivity (Wildman–Crippen MR) is 41.1 cm³/mol. The van der Waals surface area contributed by atoms with Crippen molar-refractivity contribution in [1.82, 2.24) is 9.55 Å². The van der Waals surface area contributed by atoms with Gasteiger partial charge in [-0.2, -0.15) is 0 Å². The lowest BCUT2D eigenvalue weighted by Gasteiger charge is -2.02. The topological polar surface area (TPSA) is 64.4 Å². The number of hydrogen-bond donors (Lipinski definition) is 1. The van der Waals surface area contributed by atoms with Gasteiger partial charge in [0.2, 0.25) is 0 Å². The van der Waals surface area contributed by atoms with Crippen molar-refractivity contribution in [2.45, 2.75) is 6.54 Å². The largest absolute Gasteiger partial charge is 0.477 e. The van der Waals surface area contributed by atoms with E-state index in [0.29, 0.717) is 13.2 Å². The number of methoxy groups -OCH3 is 1. The number of rotatable bonds is 4. The van der Waals surface area contributed by atoms with Crippen LogP contribution in [0.2, 0.25) is 0 Å². The number of hydrogen-bond acceptors (Lipinski definition) is 3. The van der Waals surface area contributed by atoms with Gasteiger partial charge in [-0.05, 0) is 0 Å². The van der Waals surface area contributed by atoms with E-state index in [0.717, 1.165) is 0 Å². The fourth-order valence-corrected chi connectivity index (χ4v) is 0.867. The number of imidazole rings is 1. The van der Waals surface area contributed by atoms with Crippen LogP contribution in [0.25, 0.3) is 0 Å². The zero-order chi connectivity index (χ0) is 8.97. The molecule has 1 aromatic rings. The van der Waals surface area contributed by atoms with Crippen LogP contribution in [0.3, 0.4) is 0 Å². The van der Waals surface area contributed by atoms with E-state index in [1.807, 2.05) is 0 Å². The maximum atomic E-state index is 10.5. The van der Waals surface area contributed by atoms with E-state index in [9.17, 15) is 4.79 Å². The molecule has 0 radical (unpaired) electrons. The maximum absolute atomic E-state index is 10.5. The minimum Gasteiger partial charge on any atom is -0.477 e. The lowest BCUT2D eigenvalue weighted by molar-refractivity contribution is 0.0682. The molecule has 66 valence electrons. The first-order valence-corrected chi connectivity index (χ1v) is 3.48. The zero-order valence-corrected chi connectivity index (χ0v) is 6.73. The third-order valence-electron chi connectivity index (χ3n) is 1.47. The predicted octanol–water partition coefficient (Wildman–Crippen LogP) is 0.228. The highest BCUT2D eigenvalue weighted by Crippen LogP contribution is 1.98. The molecule has 5 nitrogen and oxygen atoms in total. The highest BCUT2D eigenvalue weighted by molar-refractivity contribution is 5.85. The van der Waals surface area contributed by atoms with Gasteiger partial charge in [-0.3, -0.25) is 0 Å². The van der Waals surface area contributed by atoms with Crippen LogP contribution in [0.4, 0.5) is 0 Å². The Morgan fingerprint density at radius 3 is 3.17 bits per heavy atom. The second-order valence-electron chi connectivity index (χ2n) is 2.27. The van der Waals surface area contributed by atoms with E-state index in [4.69, 9.17) is 9.84 Å². The zero-order valence-electron chi connectivity index (χ0n) is 6.73. The molecule has 0 aliphatic carbocycles. The third-order valence-corrected chi connectivity index (χ3v) is 1.47. The van der Waals surface area contributed by atoms with E-state index in [2.05, 4.69) is 4.98 Å². The summed E-state index contributed by atoms with van der Waals surface area (Å²) >= 11 is 0. The lowest BCUT2D eigenvalue weighted by atomic mass is 10.4. The SMILES string of the molecule is COCCn1cncc1C(=O)O. The molecule has 0 unspecified atom stereocenters. The molecule has 1 N–H and O–H groups in total. The Hall–Kier alpha value is -1.36. The number of carbonyl (C=O) groups is 1. The Kier molecular flexibility index (Phi) is 2.82. The van der Waals surface area contributed by atoms with Crippen molar-refractivity contribution in [3.8, 4) is 0 Å². The molecule has 0 aliphatic rings. The van der Waals surface area contributed by atoms with Gasteiger partial charge >= 0.3 is 5.97 Å². The van der Waals surface area contributed by atoms with Crippen molar-refractivity contribution < 1.29 is 14.6 Å². The van der Waals surface area contributed by atoms with Crippen molar-refractivity contribution in [2.24, 2.45) is 0 Å². The molecular weight excluding hydrogens is 160 g/mol. The molecule has 0 bridgehead atoms. The van der Waals surface area contributed by atoms with Crippen LogP contribution in [0, 0.1) is 0 Å². The van der Waals surface area contributed by atoms with Gasteiger partial charge in [0.25, 0.3) is 0 Å². The maximum Gasteiger partial charge on any atom is 0.354 e. The van der Waals surface area contributed by atoms with Crippen LogP contribution in [0.5, 0.6) is 0 Å². The summed E-state index contributed by atoms with van der Waals surface area (Å²) in [7, 11) is 1.57. The molecule has 1 heterocycles. The van der Waals surface area contributed by atoms with Crippen LogP contribution < -0.4 is 0 Å². The van der Waals surface area contributed by atoms with Crippen LogP contribution in [0.1, 0.15) is 10.5 Å². The second kappa shape index (κ2) is 3.87. The van der Waals surface area contributed by atoms with Crippen LogP contribution >= 0.6 is 0 Å². The Bertz CT molecular complexity index is 269. The monoisotopic (exact) mass is 170 g/mol. The summed E-state index contributed by atoms with van der Waals surface area (Å²) in [5, 5.41) is 8.65. The van der Waals surface area contributed by atoms with Gasteiger partial charge in [0.05, 0.1) is 19.1 Å². The standard InChI is InChI=1S/C7H10N2O3/c1-12-3-2-9-5-8-4-6(9)7(10)11/h4-5H,2-3H2,1H3,(H,10,11). The fraction of sp³-hybridized carbons (Fsp3) is 0.429. The van der Waals surface area contributed by atoms with Gasteiger partial charge in [-0.1, -0.05) is 0 Å². The molecular formula is C7H10N2O3. The van der Waals surface area contributed by atoms with Gasteiger partial charge in [0.1, 0.15) is 5.69 Å². The number of nitrogens with zero attached hydrogens (tertiary/aromatic N) is 2. The van der Waals surface area contributed by atoms with Gasteiger partial charge in [0.15, 0.2) is 0 Å². The Balaban J connectivity index is 2.70. The van der Waals surface area contributed by atoms with Crippen LogP contribution in [-0.2, 0) is 11.3 Å². The number of carboxylic acid groups (broad SMARTS) is 1. The molecule has 0 aliphatic heterocycles. The van der Waals surface area contributed by atoms with E-state index in [1.165, 1.54) is 17.1 Å². The van der Waals surface area contributed by atoms with Crippen LogP contribution in [-0.4, -0.2) is 34.3 Å². The van der Waals surface area contributed by atoms with Crippen molar-refractivity contribution in [2.75, 3.05) is 13.7 Å². The molecule has 0 aromatic carbocycles. The molecule has 0 spiro atoms. The van der Waals surface area contributed by atoms with Crippen molar-refractivity contribution in [3.63, 3.8) is 0 Å². The molecule has 5 heteroatoms. The average Bonchev–Trinajstić information content (AvgIpc) is 2.48. The molecule has 0 amide bonds. The molecule has 0 atom stereocenters. The summed E-state index contributed by atoms with van der Waals surface area (Å²) in [5.74, 6) is -0.969. The first-order chi connectivity index (χ1) is 5.75. The first kappa shape index (κ1) is 8.73. The lowest BCUT2D eigenvalue weighted by Crippen LogP contribution is -2.10. The molecule has 1 rings (SSSR count). The summed E-state index contributed by atoms with van der Waals surface area (Å²) in [6.07, 6.45) is 2.79. The molecule has 0 fully saturated rings. The van der Waals surface area contributed by atoms with Crippen molar-refractivity contribution in [3.05, 3.63) is 18.2 Å². The van der Waals surface area contributed by atoms with Gasteiger partial charge in [0, 0.05) is 13.7 Å². The van der Waals surface area contributed by atoms with Gasteiger partial charge < -0.3 is 14.4 Å².